The number of aromatic nitrogens is 2. The highest BCUT2D eigenvalue weighted by Gasteiger charge is 2.19. The molecule has 0 bridgehead atoms. The number of nitrogens with zero attached hydrogens (tertiary/aromatic N) is 2. The summed E-state index contributed by atoms with van der Waals surface area (Å²) < 4.78 is 53.1. The van der Waals surface area contributed by atoms with Crippen LogP contribution in [0, 0.1) is 11.6 Å². The van der Waals surface area contributed by atoms with Gasteiger partial charge in [0.1, 0.15) is 5.82 Å². The minimum absolute atomic E-state index is 0.00824. The van der Waals surface area contributed by atoms with Crippen LogP contribution in [-0.2, 0) is 7.05 Å². The molecule has 0 saturated carbocycles. The van der Waals surface area contributed by atoms with Gasteiger partial charge in [-0.15, -0.1) is 0 Å². The van der Waals surface area contributed by atoms with Crippen LogP contribution >= 0.6 is 0 Å². The topological polar surface area (TPSA) is 43.8 Å². The maximum Gasteiger partial charge on any atom is 0.263 e. The number of alkyl halides is 2. The molecule has 18 heavy (non-hydrogen) atoms. The number of nitrogens with two attached hydrogens (primary N) is 1. The van der Waals surface area contributed by atoms with Crippen molar-refractivity contribution in [2.24, 2.45) is 7.05 Å². The summed E-state index contributed by atoms with van der Waals surface area (Å²) in [6.45, 7) is 0. The van der Waals surface area contributed by atoms with E-state index in [0.717, 1.165) is 6.07 Å². The Morgan fingerprint density at radius 2 is 1.89 bits per heavy atom. The van der Waals surface area contributed by atoms with Gasteiger partial charge in [-0.25, -0.2) is 17.6 Å². The van der Waals surface area contributed by atoms with Crippen LogP contribution in [0.15, 0.2) is 18.2 Å². The molecule has 2 N–H and O–H groups in total. The molecule has 1 aromatic heterocycles. The Morgan fingerprint density at radius 3 is 2.39 bits per heavy atom. The standard InChI is InChI=1S/C11H9F4N3/c1-18-9(16)4-8(17-18)6-2-5(11(14)15)3-7(12)10(6)13/h2-4,11H,16H2,1H3. The highest BCUT2D eigenvalue weighted by molar-refractivity contribution is 5.64. The predicted octanol–water partition coefficient (Wildman–Crippen LogP) is 2.89. The molecule has 0 aliphatic carbocycles. The molecule has 1 aromatic carbocycles. The number of aryl methyl sites for hydroxylation is 1. The molecule has 1 heterocycles. The minimum atomic E-state index is -2.89. The van der Waals surface area contributed by atoms with Crippen LogP contribution in [0.5, 0.6) is 0 Å². The first-order valence-corrected chi connectivity index (χ1v) is 4.97. The van der Waals surface area contributed by atoms with Crippen molar-refractivity contribution in [3.05, 3.63) is 35.4 Å². The molecule has 0 aliphatic heterocycles. The third kappa shape index (κ3) is 2.03. The molecule has 0 unspecified atom stereocenters. The van der Waals surface area contributed by atoms with Gasteiger partial charge in [0.25, 0.3) is 6.43 Å². The van der Waals surface area contributed by atoms with E-state index in [4.69, 9.17) is 5.73 Å². The van der Waals surface area contributed by atoms with E-state index >= 15 is 0 Å². The van der Waals surface area contributed by atoms with E-state index in [-0.39, 0.29) is 17.1 Å². The van der Waals surface area contributed by atoms with Gasteiger partial charge in [-0.05, 0) is 12.1 Å². The lowest BCUT2D eigenvalue weighted by Gasteiger charge is -2.05. The number of hydrogen-bond donors (Lipinski definition) is 1. The Hall–Kier alpha value is -2.05. The van der Waals surface area contributed by atoms with E-state index in [0.29, 0.717) is 6.07 Å². The monoisotopic (exact) mass is 259 g/mol. The summed E-state index contributed by atoms with van der Waals surface area (Å²) >= 11 is 0. The normalized spacial score (nSPS) is 11.2. The Morgan fingerprint density at radius 1 is 1.22 bits per heavy atom. The first-order chi connectivity index (χ1) is 8.40. The van der Waals surface area contributed by atoms with Crippen molar-refractivity contribution in [1.29, 1.82) is 0 Å². The van der Waals surface area contributed by atoms with Crippen LogP contribution in [0.4, 0.5) is 23.4 Å². The average molecular weight is 259 g/mol. The fourth-order valence-electron chi connectivity index (χ4n) is 1.54. The van der Waals surface area contributed by atoms with Crippen LogP contribution in [0.25, 0.3) is 11.3 Å². The van der Waals surface area contributed by atoms with Crippen LogP contribution < -0.4 is 5.73 Å². The van der Waals surface area contributed by atoms with E-state index in [2.05, 4.69) is 5.10 Å². The highest BCUT2D eigenvalue weighted by atomic mass is 19.3. The highest BCUT2D eigenvalue weighted by Crippen LogP contribution is 2.30. The van der Waals surface area contributed by atoms with Gasteiger partial charge in [-0.1, -0.05) is 0 Å². The lowest BCUT2D eigenvalue weighted by molar-refractivity contribution is 0.151. The summed E-state index contributed by atoms with van der Waals surface area (Å²) in [6.07, 6.45) is -2.89. The molecular weight excluding hydrogens is 250 g/mol. The molecule has 0 radical (unpaired) electrons. The van der Waals surface area contributed by atoms with Crippen molar-refractivity contribution >= 4 is 5.82 Å². The lowest BCUT2D eigenvalue weighted by Crippen LogP contribution is -1.98. The zero-order valence-electron chi connectivity index (χ0n) is 9.29. The number of anilines is 1. The second kappa shape index (κ2) is 4.32. The maximum absolute atomic E-state index is 13.6. The van der Waals surface area contributed by atoms with Gasteiger partial charge in [0.15, 0.2) is 11.6 Å². The van der Waals surface area contributed by atoms with Gasteiger partial charge >= 0.3 is 0 Å². The van der Waals surface area contributed by atoms with Gasteiger partial charge < -0.3 is 5.73 Å². The molecule has 3 nitrogen and oxygen atoms in total. The maximum atomic E-state index is 13.6. The molecule has 0 saturated heterocycles. The van der Waals surface area contributed by atoms with E-state index in [1.807, 2.05) is 0 Å². The average Bonchev–Trinajstić information content (AvgIpc) is 2.62. The van der Waals surface area contributed by atoms with Crippen LogP contribution in [-0.4, -0.2) is 9.78 Å². The first kappa shape index (κ1) is 12.4. The smallest absolute Gasteiger partial charge is 0.263 e. The van der Waals surface area contributed by atoms with Gasteiger partial charge in [0.05, 0.1) is 5.69 Å². The zero-order chi connectivity index (χ0) is 13.4. The Bertz CT molecular complexity index is 573. The van der Waals surface area contributed by atoms with Gasteiger partial charge in [0.2, 0.25) is 0 Å². The lowest BCUT2D eigenvalue weighted by atomic mass is 10.1. The molecular formula is C11H9F4N3. The Labute approximate surface area is 99.8 Å². The first-order valence-electron chi connectivity index (χ1n) is 4.97. The van der Waals surface area contributed by atoms with E-state index in [1.165, 1.54) is 17.8 Å². The number of rotatable bonds is 2. The van der Waals surface area contributed by atoms with Crippen LogP contribution in [0.3, 0.4) is 0 Å². The van der Waals surface area contributed by atoms with Crippen LogP contribution in [0.1, 0.15) is 12.0 Å². The van der Waals surface area contributed by atoms with Crippen molar-refractivity contribution in [3.8, 4) is 11.3 Å². The third-order valence-electron chi connectivity index (χ3n) is 2.49. The molecule has 0 fully saturated rings. The summed E-state index contributed by atoms with van der Waals surface area (Å²) in [7, 11) is 1.50. The van der Waals surface area contributed by atoms with Crippen molar-refractivity contribution < 1.29 is 17.6 Å². The quantitative estimate of drug-likeness (QED) is 0.843. The number of nitrogen functional groups attached to an aromatic ring is 1. The van der Waals surface area contributed by atoms with Crippen molar-refractivity contribution in [3.63, 3.8) is 0 Å². The summed E-state index contributed by atoms with van der Waals surface area (Å²) in [5.74, 6) is -2.35. The largest absolute Gasteiger partial charge is 0.384 e. The Kier molecular flexibility index (Phi) is 2.98. The SMILES string of the molecule is Cn1nc(-c2cc(C(F)F)cc(F)c2F)cc1N. The van der Waals surface area contributed by atoms with Crippen LogP contribution in [0.2, 0.25) is 0 Å². The molecule has 7 heteroatoms. The molecule has 2 aromatic rings. The number of halogens is 4. The van der Waals surface area contributed by atoms with Gasteiger partial charge in [-0.2, -0.15) is 5.10 Å². The molecule has 2 rings (SSSR count). The summed E-state index contributed by atoms with van der Waals surface area (Å²) in [5, 5.41) is 3.82. The minimum Gasteiger partial charge on any atom is -0.384 e. The fraction of sp³-hybridized carbons (Fsp3) is 0.182. The molecule has 0 spiro atoms. The van der Waals surface area contributed by atoms with Gasteiger partial charge in [-0.3, -0.25) is 4.68 Å². The molecule has 96 valence electrons. The molecule has 0 amide bonds. The second-order valence-electron chi connectivity index (χ2n) is 3.74. The van der Waals surface area contributed by atoms with Crippen molar-refractivity contribution in [1.82, 2.24) is 9.78 Å². The van der Waals surface area contributed by atoms with E-state index in [9.17, 15) is 17.6 Å². The van der Waals surface area contributed by atoms with E-state index < -0.39 is 23.6 Å². The summed E-state index contributed by atoms with van der Waals surface area (Å²) in [4.78, 5) is 0. The summed E-state index contributed by atoms with van der Waals surface area (Å²) in [6, 6.07) is 2.62. The fourth-order valence-corrected chi connectivity index (χ4v) is 1.54. The molecule has 0 atom stereocenters. The van der Waals surface area contributed by atoms with Crippen molar-refractivity contribution in [2.45, 2.75) is 6.43 Å². The zero-order valence-corrected chi connectivity index (χ0v) is 9.29. The third-order valence-corrected chi connectivity index (χ3v) is 2.49. The second-order valence-corrected chi connectivity index (χ2v) is 3.74. The van der Waals surface area contributed by atoms with E-state index in [1.54, 1.807) is 0 Å². The number of hydrogen-bond acceptors (Lipinski definition) is 2. The molecule has 0 aliphatic rings. The summed E-state index contributed by atoms with van der Waals surface area (Å²) in [5.41, 5.74) is 4.57. The predicted molar refractivity (Wildman–Crippen MR) is 57.9 cm³/mol. The number of benzene rings is 1. The van der Waals surface area contributed by atoms with Gasteiger partial charge in [0, 0.05) is 24.2 Å². The van der Waals surface area contributed by atoms with Crippen molar-refractivity contribution in [2.75, 3.05) is 5.73 Å². The Balaban J connectivity index is 2.62.